The summed E-state index contributed by atoms with van der Waals surface area (Å²) >= 11 is 0. The maximum atomic E-state index is 12.9. The van der Waals surface area contributed by atoms with Crippen LogP contribution in [-0.4, -0.2) is 28.9 Å². The van der Waals surface area contributed by atoms with Gasteiger partial charge in [-0.3, -0.25) is 4.79 Å². The minimum Gasteiger partial charge on any atom is -0.332 e. The van der Waals surface area contributed by atoms with Gasteiger partial charge in [-0.15, -0.1) is 0 Å². The first-order chi connectivity index (χ1) is 9.51. The molecule has 104 valence electrons. The average molecular weight is 268 g/mol. The quantitative estimate of drug-likeness (QED) is 0.864. The lowest BCUT2D eigenvalue weighted by Crippen LogP contribution is -2.51. The van der Waals surface area contributed by atoms with Crippen molar-refractivity contribution in [2.24, 2.45) is 5.73 Å². The molecule has 3 rings (SSSR count). The van der Waals surface area contributed by atoms with Crippen molar-refractivity contribution in [3.63, 3.8) is 0 Å². The molecule has 2 aromatic carbocycles. The number of nitrogens with zero attached hydrogens (tertiary/aromatic N) is 1. The Morgan fingerprint density at radius 1 is 1.20 bits per heavy atom. The third-order valence-corrected chi connectivity index (χ3v) is 4.53. The van der Waals surface area contributed by atoms with Crippen LogP contribution in [0.2, 0.25) is 0 Å². The first kappa shape index (κ1) is 13.1. The monoisotopic (exact) mass is 268 g/mol. The fourth-order valence-corrected chi connectivity index (χ4v) is 3.03. The zero-order chi connectivity index (χ0) is 14.3. The van der Waals surface area contributed by atoms with Gasteiger partial charge in [0.25, 0.3) is 5.91 Å². The van der Waals surface area contributed by atoms with Gasteiger partial charge in [0.2, 0.25) is 0 Å². The summed E-state index contributed by atoms with van der Waals surface area (Å²) < 4.78 is 0. The second kappa shape index (κ2) is 4.60. The predicted molar refractivity (Wildman–Crippen MR) is 81.7 cm³/mol. The van der Waals surface area contributed by atoms with Crippen molar-refractivity contribution in [2.45, 2.75) is 31.8 Å². The van der Waals surface area contributed by atoms with Crippen molar-refractivity contribution in [2.75, 3.05) is 6.54 Å². The van der Waals surface area contributed by atoms with Crippen molar-refractivity contribution in [3.05, 3.63) is 48.0 Å². The summed E-state index contributed by atoms with van der Waals surface area (Å²) in [4.78, 5) is 14.8. The molecule has 1 fully saturated rings. The van der Waals surface area contributed by atoms with E-state index < -0.39 is 0 Å². The second-order valence-electron chi connectivity index (χ2n) is 6.03. The first-order valence-corrected chi connectivity index (χ1v) is 7.07. The molecule has 0 saturated carbocycles. The van der Waals surface area contributed by atoms with Crippen molar-refractivity contribution in [3.8, 4) is 0 Å². The van der Waals surface area contributed by atoms with Crippen molar-refractivity contribution in [1.82, 2.24) is 4.90 Å². The zero-order valence-electron chi connectivity index (χ0n) is 12.0. The molecule has 1 amide bonds. The Balaban J connectivity index is 2.06. The van der Waals surface area contributed by atoms with Crippen LogP contribution in [0.5, 0.6) is 0 Å². The topological polar surface area (TPSA) is 46.3 Å². The van der Waals surface area contributed by atoms with Crippen LogP contribution >= 0.6 is 0 Å². The molecule has 2 N–H and O–H groups in total. The predicted octanol–water partition coefficient (Wildman–Crippen LogP) is 2.79. The van der Waals surface area contributed by atoms with Gasteiger partial charge in [-0.2, -0.15) is 0 Å². The third kappa shape index (κ3) is 1.90. The third-order valence-electron chi connectivity index (χ3n) is 4.53. The Kier molecular flexibility index (Phi) is 3.02. The SMILES string of the molecule is CC1(C)C(N)CCN1C(=O)c1cccc2ccccc12. The number of benzene rings is 2. The summed E-state index contributed by atoms with van der Waals surface area (Å²) in [5.41, 5.74) is 6.62. The van der Waals surface area contributed by atoms with Gasteiger partial charge in [0.05, 0.1) is 5.54 Å². The highest BCUT2D eigenvalue weighted by Crippen LogP contribution is 2.30. The van der Waals surface area contributed by atoms with Gasteiger partial charge >= 0.3 is 0 Å². The Labute approximate surface area is 119 Å². The van der Waals surface area contributed by atoms with Gasteiger partial charge in [-0.05, 0) is 37.1 Å². The number of nitrogens with two attached hydrogens (primary N) is 1. The molecule has 1 unspecified atom stereocenters. The van der Waals surface area contributed by atoms with E-state index in [0.29, 0.717) is 0 Å². The fourth-order valence-electron chi connectivity index (χ4n) is 3.03. The Hall–Kier alpha value is -1.87. The lowest BCUT2D eigenvalue weighted by molar-refractivity contribution is 0.0639. The molecule has 2 aromatic rings. The van der Waals surface area contributed by atoms with Gasteiger partial charge in [0.15, 0.2) is 0 Å². The number of likely N-dealkylation sites (tertiary alicyclic amines) is 1. The van der Waals surface area contributed by atoms with Crippen LogP contribution in [-0.2, 0) is 0 Å². The van der Waals surface area contributed by atoms with Crippen molar-refractivity contribution in [1.29, 1.82) is 0 Å². The van der Waals surface area contributed by atoms with E-state index in [0.717, 1.165) is 29.3 Å². The molecule has 20 heavy (non-hydrogen) atoms. The van der Waals surface area contributed by atoms with Gasteiger partial charge in [-0.1, -0.05) is 36.4 Å². The summed E-state index contributed by atoms with van der Waals surface area (Å²) in [6.45, 7) is 4.83. The number of hydrogen-bond donors (Lipinski definition) is 1. The number of carbonyl (C=O) groups is 1. The minimum absolute atomic E-state index is 0.0430. The van der Waals surface area contributed by atoms with E-state index in [1.165, 1.54) is 0 Å². The molecule has 3 heteroatoms. The maximum absolute atomic E-state index is 12.9. The van der Waals surface area contributed by atoms with E-state index in [4.69, 9.17) is 5.73 Å². The zero-order valence-corrected chi connectivity index (χ0v) is 12.0. The summed E-state index contributed by atoms with van der Waals surface area (Å²) in [5, 5.41) is 2.11. The number of rotatable bonds is 1. The Morgan fingerprint density at radius 3 is 2.60 bits per heavy atom. The van der Waals surface area contributed by atoms with Gasteiger partial charge in [0, 0.05) is 18.2 Å². The molecular formula is C17H20N2O. The van der Waals surface area contributed by atoms with Crippen molar-refractivity contribution < 1.29 is 4.79 Å². The Morgan fingerprint density at radius 2 is 1.90 bits per heavy atom. The van der Waals surface area contributed by atoms with E-state index >= 15 is 0 Å². The molecule has 1 atom stereocenters. The molecule has 3 nitrogen and oxygen atoms in total. The van der Waals surface area contributed by atoms with Crippen LogP contribution in [0, 0.1) is 0 Å². The number of hydrogen-bond acceptors (Lipinski definition) is 2. The fraction of sp³-hybridized carbons (Fsp3) is 0.353. The van der Waals surface area contributed by atoms with E-state index in [-0.39, 0.29) is 17.5 Å². The van der Waals surface area contributed by atoms with Crippen LogP contribution in [0.4, 0.5) is 0 Å². The highest BCUT2D eigenvalue weighted by atomic mass is 16.2. The van der Waals surface area contributed by atoms with Crippen LogP contribution < -0.4 is 5.73 Å². The minimum atomic E-state index is -0.284. The average Bonchev–Trinajstić information content (AvgIpc) is 2.72. The molecule has 1 aliphatic rings. The largest absolute Gasteiger partial charge is 0.332 e. The van der Waals surface area contributed by atoms with Crippen LogP contribution in [0.25, 0.3) is 10.8 Å². The molecule has 1 heterocycles. The lowest BCUT2D eigenvalue weighted by atomic mass is 9.95. The van der Waals surface area contributed by atoms with E-state index in [2.05, 4.69) is 0 Å². The first-order valence-electron chi connectivity index (χ1n) is 7.07. The normalized spacial score (nSPS) is 21.4. The van der Waals surface area contributed by atoms with Gasteiger partial charge in [-0.25, -0.2) is 0 Å². The summed E-state index contributed by atoms with van der Waals surface area (Å²) in [6, 6.07) is 13.9. The van der Waals surface area contributed by atoms with Crippen molar-refractivity contribution >= 4 is 16.7 Å². The highest BCUT2D eigenvalue weighted by Gasteiger charge is 2.42. The number of amides is 1. The Bertz CT molecular complexity index is 658. The van der Waals surface area contributed by atoms with Crippen LogP contribution in [0.1, 0.15) is 30.6 Å². The van der Waals surface area contributed by atoms with Crippen LogP contribution in [0.15, 0.2) is 42.5 Å². The molecular weight excluding hydrogens is 248 g/mol. The summed E-state index contributed by atoms with van der Waals surface area (Å²) in [6.07, 6.45) is 0.865. The number of carbonyl (C=O) groups excluding carboxylic acids is 1. The molecule has 1 aliphatic heterocycles. The standard InChI is InChI=1S/C17H20N2O/c1-17(2)15(18)10-11-19(17)16(20)14-9-5-7-12-6-3-4-8-13(12)14/h3-9,15H,10-11,18H2,1-2H3. The van der Waals surface area contributed by atoms with Crippen LogP contribution in [0.3, 0.4) is 0 Å². The second-order valence-corrected chi connectivity index (χ2v) is 6.03. The molecule has 0 radical (unpaired) electrons. The number of fused-ring (bicyclic) bond motifs is 1. The van der Waals surface area contributed by atoms with Gasteiger partial charge in [0.1, 0.15) is 0 Å². The molecule has 0 spiro atoms. The van der Waals surface area contributed by atoms with E-state index in [1.807, 2.05) is 61.2 Å². The van der Waals surface area contributed by atoms with E-state index in [9.17, 15) is 4.79 Å². The molecule has 0 bridgehead atoms. The summed E-state index contributed by atoms with van der Waals surface area (Å²) in [7, 11) is 0. The maximum Gasteiger partial charge on any atom is 0.254 e. The lowest BCUT2D eigenvalue weighted by Gasteiger charge is -2.34. The summed E-state index contributed by atoms with van der Waals surface area (Å²) in [5.74, 6) is 0.0831. The van der Waals surface area contributed by atoms with Gasteiger partial charge < -0.3 is 10.6 Å². The molecule has 1 saturated heterocycles. The van der Waals surface area contributed by atoms with E-state index in [1.54, 1.807) is 0 Å². The molecule has 0 aromatic heterocycles. The smallest absolute Gasteiger partial charge is 0.254 e. The molecule has 0 aliphatic carbocycles. The highest BCUT2D eigenvalue weighted by molar-refractivity contribution is 6.07.